The quantitative estimate of drug-likeness (QED) is 0.290. The maximum Gasteiger partial charge on any atom is 0.162 e. The van der Waals surface area contributed by atoms with Gasteiger partial charge in [-0.2, -0.15) is 0 Å². The predicted octanol–water partition coefficient (Wildman–Crippen LogP) is 4.98. The third kappa shape index (κ3) is 6.04. The highest BCUT2D eigenvalue weighted by atomic mass is 32.2. The molecule has 2 aromatic heterocycles. The van der Waals surface area contributed by atoms with Gasteiger partial charge in [0.15, 0.2) is 6.29 Å². The normalized spacial score (nSPS) is 11.5. The standard InChI is InChI=1S/C17H19N5OS2.C2H6/c1-5-12(24-4)7-6-8-18-10-19-15-13(9-23)25-17-14(15)16(22(2)3)20-11-21-17;1-2/h5-11H,1H2,2-4H3,(H,18,19);1-2H3/b8-6+,12-7+;. The maximum atomic E-state index is 11.4. The number of aldehydes is 1. The summed E-state index contributed by atoms with van der Waals surface area (Å²) in [7, 11) is 3.80. The molecule has 0 aromatic carbocycles. The smallest absolute Gasteiger partial charge is 0.162 e. The molecule has 0 fully saturated rings. The van der Waals surface area contributed by atoms with E-state index in [4.69, 9.17) is 0 Å². The van der Waals surface area contributed by atoms with Crippen LogP contribution in [0.1, 0.15) is 23.5 Å². The Hall–Kier alpha value is -2.45. The Balaban J connectivity index is 0.00000176. The molecule has 0 aliphatic heterocycles. The van der Waals surface area contributed by atoms with Crippen LogP contribution in [0.15, 0.2) is 47.2 Å². The van der Waals surface area contributed by atoms with E-state index in [1.165, 1.54) is 24.0 Å². The minimum atomic E-state index is 0.560. The topological polar surface area (TPSA) is 70.5 Å². The molecule has 0 saturated carbocycles. The first kappa shape index (κ1) is 22.6. The van der Waals surface area contributed by atoms with Crippen LogP contribution in [0.25, 0.3) is 10.2 Å². The summed E-state index contributed by atoms with van der Waals surface area (Å²) in [5.41, 5.74) is 0.669. The van der Waals surface area contributed by atoms with Gasteiger partial charge in [-0.25, -0.2) is 15.0 Å². The Kier molecular flexibility index (Phi) is 10.1. The van der Waals surface area contributed by atoms with E-state index in [9.17, 15) is 4.79 Å². The van der Waals surface area contributed by atoms with Crippen molar-refractivity contribution in [2.45, 2.75) is 13.8 Å². The van der Waals surface area contributed by atoms with Crippen molar-refractivity contribution in [2.24, 2.45) is 4.99 Å². The van der Waals surface area contributed by atoms with E-state index < -0.39 is 0 Å². The molecule has 0 spiro atoms. The number of carbonyl (C=O) groups is 1. The molecule has 6 nitrogen and oxygen atoms in total. The van der Waals surface area contributed by atoms with E-state index in [2.05, 4.69) is 26.9 Å². The third-order valence-electron chi connectivity index (χ3n) is 3.18. The fourth-order valence-corrected chi connectivity index (χ4v) is 3.35. The Morgan fingerprint density at radius 3 is 2.70 bits per heavy atom. The average molecular weight is 404 g/mol. The van der Waals surface area contributed by atoms with Gasteiger partial charge in [0.25, 0.3) is 0 Å². The number of hydrogen-bond acceptors (Lipinski definition) is 7. The summed E-state index contributed by atoms with van der Waals surface area (Å²) in [6, 6.07) is 0. The van der Waals surface area contributed by atoms with Crippen molar-refractivity contribution >= 4 is 57.4 Å². The number of thioether (sulfide) groups is 1. The second kappa shape index (κ2) is 12.0. The van der Waals surface area contributed by atoms with Crippen molar-refractivity contribution in [3.05, 3.63) is 47.1 Å². The lowest BCUT2D eigenvalue weighted by Gasteiger charge is -2.12. The van der Waals surface area contributed by atoms with Crippen molar-refractivity contribution in [3.8, 4) is 0 Å². The lowest BCUT2D eigenvalue weighted by Crippen LogP contribution is -2.11. The molecule has 2 aromatic rings. The number of rotatable bonds is 8. The Morgan fingerprint density at radius 1 is 1.37 bits per heavy atom. The molecule has 1 N–H and O–H groups in total. The minimum Gasteiger partial charge on any atom is -0.362 e. The van der Waals surface area contributed by atoms with Gasteiger partial charge >= 0.3 is 0 Å². The summed E-state index contributed by atoms with van der Waals surface area (Å²) in [5.74, 6) is 0.749. The van der Waals surface area contributed by atoms with Crippen LogP contribution in [0.3, 0.4) is 0 Å². The van der Waals surface area contributed by atoms with Gasteiger partial charge in [0.2, 0.25) is 0 Å². The van der Waals surface area contributed by atoms with Crippen LogP contribution in [0, 0.1) is 0 Å². The molecule has 2 rings (SSSR count). The Labute approximate surface area is 168 Å². The van der Waals surface area contributed by atoms with Crippen LogP contribution in [-0.2, 0) is 0 Å². The first-order valence-corrected chi connectivity index (χ1v) is 10.4. The summed E-state index contributed by atoms with van der Waals surface area (Å²) >= 11 is 2.93. The number of nitrogens with zero attached hydrogens (tertiary/aromatic N) is 4. The molecule has 144 valence electrons. The van der Waals surface area contributed by atoms with Crippen LogP contribution in [0.4, 0.5) is 11.5 Å². The Morgan fingerprint density at radius 2 is 2.11 bits per heavy atom. The van der Waals surface area contributed by atoms with Gasteiger partial charge in [-0.1, -0.05) is 26.5 Å². The molecule has 0 aliphatic carbocycles. The Bertz CT molecular complexity index is 853. The van der Waals surface area contributed by atoms with Crippen molar-refractivity contribution < 1.29 is 4.79 Å². The van der Waals surface area contributed by atoms with E-state index in [-0.39, 0.29) is 0 Å². The van der Waals surface area contributed by atoms with Crippen LogP contribution in [-0.4, -0.2) is 42.9 Å². The first-order chi connectivity index (χ1) is 13.1. The van der Waals surface area contributed by atoms with Gasteiger partial charge < -0.3 is 10.2 Å². The highest BCUT2D eigenvalue weighted by Crippen LogP contribution is 2.37. The summed E-state index contributed by atoms with van der Waals surface area (Å²) in [6.07, 6.45) is 13.0. The van der Waals surface area contributed by atoms with Crippen molar-refractivity contribution in [3.63, 3.8) is 0 Å². The van der Waals surface area contributed by atoms with E-state index in [0.29, 0.717) is 10.6 Å². The van der Waals surface area contributed by atoms with E-state index >= 15 is 0 Å². The monoisotopic (exact) mass is 403 g/mol. The SMILES string of the molecule is C=C/C(=C\C=C\N=CNc1c(C=O)sc2ncnc(N(C)C)c12)SC.CC. The number of allylic oxidation sites excluding steroid dienone is 3. The maximum absolute atomic E-state index is 11.4. The highest BCUT2D eigenvalue weighted by Gasteiger charge is 2.17. The summed E-state index contributed by atoms with van der Waals surface area (Å²) in [5, 5.41) is 3.89. The summed E-state index contributed by atoms with van der Waals surface area (Å²) < 4.78 is 0. The average Bonchev–Trinajstić information content (AvgIpc) is 3.06. The number of aliphatic imine (C=N–C) groups is 1. The molecule has 0 saturated heterocycles. The molecule has 27 heavy (non-hydrogen) atoms. The largest absolute Gasteiger partial charge is 0.362 e. The molecule has 0 atom stereocenters. The number of thiophene rings is 1. The second-order valence-corrected chi connectivity index (χ2v) is 6.88. The van der Waals surface area contributed by atoms with E-state index in [1.807, 2.05) is 51.3 Å². The molecule has 0 aliphatic rings. The fourth-order valence-electron chi connectivity index (χ4n) is 2.05. The minimum absolute atomic E-state index is 0.560. The molecular formula is C19H25N5OS2. The zero-order chi connectivity index (χ0) is 20.2. The molecule has 0 amide bonds. The summed E-state index contributed by atoms with van der Waals surface area (Å²) in [4.78, 5) is 28.4. The zero-order valence-corrected chi connectivity index (χ0v) is 17.9. The van der Waals surface area contributed by atoms with Crippen molar-refractivity contribution in [1.29, 1.82) is 0 Å². The van der Waals surface area contributed by atoms with E-state index in [0.717, 1.165) is 27.2 Å². The van der Waals surface area contributed by atoms with Crippen LogP contribution < -0.4 is 10.2 Å². The molecule has 0 unspecified atom stereocenters. The van der Waals surface area contributed by atoms with Gasteiger partial charge in [-0.3, -0.25) is 4.79 Å². The van der Waals surface area contributed by atoms with Gasteiger partial charge in [-0.15, -0.1) is 23.1 Å². The second-order valence-electron chi connectivity index (χ2n) is 4.97. The van der Waals surface area contributed by atoms with Gasteiger partial charge in [0, 0.05) is 25.2 Å². The van der Waals surface area contributed by atoms with Gasteiger partial charge in [0.1, 0.15) is 17.0 Å². The number of fused-ring (bicyclic) bond motifs is 1. The lowest BCUT2D eigenvalue weighted by molar-refractivity contribution is 0.112. The summed E-state index contributed by atoms with van der Waals surface area (Å²) in [6.45, 7) is 7.73. The number of nitrogens with one attached hydrogen (secondary N) is 1. The van der Waals surface area contributed by atoms with Crippen LogP contribution in [0.5, 0.6) is 0 Å². The van der Waals surface area contributed by atoms with E-state index in [1.54, 1.807) is 24.0 Å². The number of aromatic nitrogens is 2. The number of carbonyl (C=O) groups excluding carboxylic acids is 1. The van der Waals surface area contributed by atoms with Crippen molar-refractivity contribution in [2.75, 3.05) is 30.6 Å². The molecule has 0 radical (unpaired) electrons. The zero-order valence-electron chi connectivity index (χ0n) is 16.3. The third-order valence-corrected chi connectivity index (χ3v) is 4.98. The van der Waals surface area contributed by atoms with Gasteiger partial charge in [-0.05, 0) is 18.4 Å². The molecular weight excluding hydrogens is 378 g/mol. The number of hydrogen-bond donors (Lipinski definition) is 1. The highest BCUT2D eigenvalue weighted by molar-refractivity contribution is 8.02. The molecule has 0 bridgehead atoms. The molecule has 8 heteroatoms. The molecule has 2 heterocycles. The number of anilines is 2. The first-order valence-electron chi connectivity index (χ1n) is 8.33. The van der Waals surface area contributed by atoms with Crippen LogP contribution >= 0.6 is 23.1 Å². The predicted molar refractivity (Wildman–Crippen MR) is 122 cm³/mol. The fraction of sp³-hybridized carbons (Fsp3) is 0.263. The van der Waals surface area contributed by atoms with Gasteiger partial charge in [0.05, 0.1) is 22.3 Å². The van der Waals surface area contributed by atoms with Crippen LogP contribution in [0.2, 0.25) is 0 Å². The van der Waals surface area contributed by atoms with Crippen molar-refractivity contribution in [1.82, 2.24) is 9.97 Å². The lowest BCUT2D eigenvalue weighted by atomic mass is 10.2.